The molecule has 0 bridgehead atoms. The second-order valence-electron chi connectivity index (χ2n) is 9.15. The number of para-hydroxylation sites is 2. The van der Waals surface area contributed by atoms with E-state index in [2.05, 4.69) is 5.32 Å². The van der Waals surface area contributed by atoms with E-state index in [1.54, 1.807) is 31.2 Å². The predicted molar refractivity (Wildman–Crippen MR) is 139 cm³/mol. The van der Waals surface area contributed by atoms with E-state index in [1.807, 2.05) is 48.5 Å². The second kappa shape index (κ2) is 10.5. The van der Waals surface area contributed by atoms with Gasteiger partial charge in [-0.25, -0.2) is 0 Å². The zero-order valence-corrected chi connectivity index (χ0v) is 21.7. The molecule has 5 rings (SSSR count). The van der Waals surface area contributed by atoms with Gasteiger partial charge in [-0.05, 0) is 47.5 Å². The third-order valence-corrected chi connectivity index (χ3v) is 6.99. The Labute approximate surface area is 221 Å². The summed E-state index contributed by atoms with van der Waals surface area (Å²) in [4.78, 5) is 29.0. The Bertz CT molecular complexity index is 1340. The van der Waals surface area contributed by atoms with Gasteiger partial charge in [0.15, 0.2) is 23.0 Å². The van der Waals surface area contributed by atoms with Gasteiger partial charge in [-0.2, -0.15) is 0 Å². The molecule has 0 aromatic heterocycles. The first-order valence-electron chi connectivity index (χ1n) is 12.3. The summed E-state index contributed by atoms with van der Waals surface area (Å²) >= 11 is 0. The van der Waals surface area contributed by atoms with E-state index in [-0.39, 0.29) is 24.5 Å². The Balaban J connectivity index is 1.49. The lowest BCUT2D eigenvalue weighted by molar-refractivity contribution is -0.124. The quantitative estimate of drug-likeness (QED) is 0.511. The fourth-order valence-corrected chi connectivity index (χ4v) is 5.04. The van der Waals surface area contributed by atoms with E-state index < -0.39 is 12.0 Å². The molecule has 9 heteroatoms. The molecule has 0 unspecified atom stereocenters. The van der Waals surface area contributed by atoms with Crippen LogP contribution in [0.3, 0.4) is 0 Å². The maximum atomic E-state index is 13.9. The highest BCUT2D eigenvalue weighted by Crippen LogP contribution is 2.45. The van der Waals surface area contributed by atoms with Gasteiger partial charge in [0.05, 0.1) is 39.8 Å². The summed E-state index contributed by atoms with van der Waals surface area (Å²) in [6.07, 6.45) is -0.360. The van der Waals surface area contributed by atoms with Crippen molar-refractivity contribution in [2.75, 3.05) is 41.5 Å². The van der Waals surface area contributed by atoms with Crippen molar-refractivity contribution in [2.45, 2.75) is 18.1 Å². The van der Waals surface area contributed by atoms with Crippen LogP contribution in [-0.2, 0) is 4.79 Å². The molecule has 0 radical (unpaired) electrons. The van der Waals surface area contributed by atoms with Crippen molar-refractivity contribution >= 4 is 11.8 Å². The number of carbonyl (C=O) groups is 2. The van der Waals surface area contributed by atoms with Gasteiger partial charge in [0.1, 0.15) is 18.5 Å². The number of nitrogens with one attached hydrogen (secondary N) is 1. The average Bonchev–Trinajstić information content (AvgIpc) is 2.96. The van der Waals surface area contributed by atoms with Crippen molar-refractivity contribution in [2.24, 2.45) is 0 Å². The van der Waals surface area contributed by atoms with Gasteiger partial charge in [-0.15, -0.1) is 0 Å². The third-order valence-electron chi connectivity index (χ3n) is 6.99. The van der Waals surface area contributed by atoms with Crippen molar-refractivity contribution in [3.63, 3.8) is 0 Å². The molecule has 0 aliphatic carbocycles. The maximum Gasteiger partial charge on any atom is 0.254 e. The van der Waals surface area contributed by atoms with Crippen LogP contribution in [0.2, 0.25) is 0 Å². The molecule has 9 nitrogen and oxygen atoms in total. The monoisotopic (exact) mass is 518 g/mol. The van der Waals surface area contributed by atoms with Gasteiger partial charge in [0.2, 0.25) is 5.91 Å². The summed E-state index contributed by atoms with van der Waals surface area (Å²) in [7, 11) is 6.32. The first-order valence-corrected chi connectivity index (χ1v) is 12.3. The molecule has 3 aromatic rings. The van der Waals surface area contributed by atoms with Crippen LogP contribution in [0.4, 0.5) is 0 Å². The van der Waals surface area contributed by atoms with Crippen molar-refractivity contribution in [1.29, 1.82) is 0 Å². The minimum absolute atomic E-state index is 0.216. The normalized spacial score (nSPS) is 19.8. The van der Waals surface area contributed by atoms with Crippen molar-refractivity contribution < 1.29 is 33.3 Å². The van der Waals surface area contributed by atoms with Gasteiger partial charge >= 0.3 is 0 Å². The summed E-state index contributed by atoms with van der Waals surface area (Å²) < 4.78 is 28.1. The van der Waals surface area contributed by atoms with Crippen LogP contribution in [0, 0.1) is 0 Å². The Kier molecular flexibility index (Phi) is 7.00. The van der Waals surface area contributed by atoms with Crippen molar-refractivity contribution in [1.82, 2.24) is 10.2 Å². The number of fused-ring (bicyclic) bond motifs is 2. The second-order valence-corrected chi connectivity index (χ2v) is 9.15. The van der Waals surface area contributed by atoms with Crippen LogP contribution in [0.1, 0.15) is 33.4 Å². The minimum atomic E-state index is -0.724. The maximum absolute atomic E-state index is 13.9. The number of likely N-dealkylation sites (N-methyl/N-ethyl adjacent to an activating group) is 1. The minimum Gasteiger partial charge on any atom is -0.497 e. The van der Waals surface area contributed by atoms with Crippen LogP contribution in [-0.4, -0.2) is 64.3 Å². The Morgan fingerprint density at radius 2 is 1.66 bits per heavy atom. The van der Waals surface area contributed by atoms with Gasteiger partial charge in [0.25, 0.3) is 5.91 Å². The van der Waals surface area contributed by atoms with E-state index in [0.717, 1.165) is 5.56 Å². The molecule has 2 heterocycles. The molecular weight excluding hydrogens is 488 g/mol. The fraction of sp³-hybridized carbons (Fsp3) is 0.310. The van der Waals surface area contributed by atoms with Gasteiger partial charge in [-0.3, -0.25) is 9.59 Å². The first kappa shape index (κ1) is 25.3. The summed E-state index contributed by atoms with van der Waals surface area (Å²) in [5.74, 6) is 1.67. The van der Waals surface area contributed by atoms with Crippen LogP contribution in [0.5, 0.6) is 28.7 Å². The zero-order chi connectivity index (χ0) is 26.8. The largest absolute Gasteiger partial charge is 0.497 e. The molecule has 3 aromatic carbocycles. The predicted octanol–water partition coefficient (Wildman–Crippen LogP) is 3.58. The summed E-state index contributed by atoms with van der Waals surface area (Å²) in [5, 5.41) is 3.04. The van der Waals surface area contributed by atoms with E-state index in [0.29, 0.717) is 46.5 Å². The standard InChI is InChI=1S/C29H30N2O7/c1-31-27(17-9-11-18(34-2)12-10-17)26(20-13-24(35-3)25(36-4)14-21(20)29(31)33)28(32)30-15-19-16-37-22-7-5-6-8-23(22)38-19/h5-14,19,26-27H,15-16H2,1-4H3,(H,30,32)/t19-,26-,27+/m0/s1. The number of benzene rings is 3. The smallest absolute Gasteiger partial charge is 0.254 e. The van der Waals surface area contributed by atoms with Gasteiger partial charge < -0.3 is 33.9 Å². The van der Waals surface area contributed by atoms with Gasteiger partial charge in [-0.1, -0.05) is 24.3 Å². The lowest BCUT2D eigenvalue weighted by atomic mass is 9.79. The number of rotatable bonds is 7. The summed E-state index contributed by atoms with van der Waals surface area (Å²) in [6, 6.07) is 17.6. The number of hydrogen-bond donors (Lipinski definition) is 1. The Morgan fingerprint density at radius 1 is 0.974 bits per heavy atom. The molecule has 2 aliphatic rings. The number of amides is 2. The van der Waals surface area contributed by atoms with Crippen molar-refractivity contribution in [3.05, 3.63) is 77.4 Å². The summed E-state index contributed by atoms with van der Waals surface area (Å²) in [6.45, 7) is 0.545. The van der Waals surface area contributed by atoms with E-state index in [9.17, 15) is 9.59 Å². The Hall–Kier alpha value is -4.40. The molecule has 0 saturated heterocycles. The average molecular weight is 519 g/mol. The summed E-state index contributed by atoms with van der Waals surface area (Å²) in [5.41, 5.74) is 1.75. The van der Waals surface area contributed by atoms with E-state index >= 15 is 0 Å². The molecular formula is C29H30N2O7. The molecule has 0 saturated carbocycles. The number of nitrogens with zero attached hydrogens (tertiary/aromatic N) is 1. The molecule has 3 atom stereocenters. The van der Waals surface area contributed by atoms with E-state index in [1.165, 1.54) is 14.2 Å². The van der Waals surface area contributed by atoms with Gasteiger partial charge in [0, 0.05) is 12.6 Å². The molecule has 1 N–H and O–H groups in total. The number of hydrogen-bond acceptors (Lipinski definition) is 7. The lowest BCUT2D eigenvalue weighted by Crippen LogP contribution is -2.48. The highest BCUT2D eigenvalue weighted by molar-refractivity contribution is 6.02. The SMILES string of the molecule is COc1ccc([C@@H]2[C@@H](C(=O)NC[C@H]3COc4ccccc4O3)c3cc(OC)c(OC)cc3C(=O)N2C)cc1. The highest BCUT2D eigenvalue weighted by atomic mass is 16.6. The third kappa shape index (κ3) is 4.55. The number of carbonyl (C=O) groups excluding carboxylic acids is 2. The van der Waals surface area contributed by atoms with Crippen molar-refractivity contribution in [3.8, 4) is 28.7 Å². The molecule has 38 heavy (non-hydrogen) atoms. The van der Waals surface area contributed by atoms with Crippen LogP contribution in [0.15, 0.2) is 60.7 Å². The van der Waals surface area contributed by atoms with Crippen LogP contribution < -0.4 is 29.0 Å². The first-order chi connectivity index (χ1) is 18.4. The molecule has 198 valence electrons. The van der Waals surface area contributed by atoms with Crippen LogP contribution >= 0.6 is 0 Å². The molecule has 2 aliphatic heterocycles. The molecule has 2 amide bonds. The number of methoxy groups -OCH3 is 3. The topological polar surface area (TPSA) is 95.6 Å². The molecule has 0 fully saturated rings. The van der Waals surface area contributed by atoms with E-state index in [4.69, 9.17) is 23.7 Å². The fourth-order valence-electron chi connectivity index (χ4n) is 5.04. The highest BCUT2D eigenvalue weighted by Gasteiger charge is 2.43. The molecule has 0 spiro atoms. The number of ether oxygens (including phenoxy) is 5. The van der Waals surface area contributed by atoms with Crippen LogP contribution in [0.25, 0.3) is 0 Å². The Morgan fingerprint density at radius 3 is 2.34 bits per heavy atom. The zero-order valence-electron chi connectivity index (χ0n) is 21.7. The lowest BCUT2D eigenvalue weighted by Gasteiger charge is -2.40.